The Kier molecular flexibility index (Phi) is 40.2. The van der Waals surface area contributed by atoms with Gasteiger partial charge in [0, 0.05) is 31.2 Å². The second-order valence-corrected chi connectivity index (χ2v) is 35.7. The van der Waals surface area contributed by atoms with Crippen LogP contribution in [-0.4, -0.2) is 14.2 Å². The molecule has 0 aliphatic carbocycles. The van der Waals surface area contributed by atoms with Crippen LogP contribution < -0.4 is 9.47 Å². The fraction of sp³-hybridized carbons (Fsp3) is 0.448. The molecule has 0 unspecified atom stereocenters. The highest BCUT2D eigenvalue weighted by Crippen LogP contribution is 2.41. The molecule has 0 spiro atoms. The summed E-state index contributed by atoms with van der Waals surface area (Å²) < 4.78 is 115. The molecule has 580 valence electrons. The van der Waals surface area contributed by atoms with E-state index in [-0.39, 0.29) is 85.2 Å². The largest absolute Gasteiger partial charge is 0.496 e. The quantitative estimate of drug-likeness (QED) is 0.127. The maximum Gasteiger partial charge on any atom is 0.416 e. The normalized spacial score (nSPS) is 11.6. The molecule has 0 radical (unpaired) electrons. The molecule has 8 aromatic rings. The lowest BCUT2D eigenvalue weighted by atomic mass is 9.83. The molecule has 0 saturated carbocycles. The van der Waals surface area contributed by atoms with Gasteiger partial charge in [-0.25, -0.2) is 22.0 Å². The molecule has 0 heterocycles. The van der Waals surface area contributed by atoms with E-state index in [1.165, 1.54) is 72.4 Å². The lowest BCUT2D eigenvalue weighted by molar-refractivity contribution is -0.138. The van der Waals surface area contributed by atoms with Crippen LogP contribution in [0, 0.1) is 42.9 Å². The number of ether oxygens (including phenoxy) is 2. The van der Waals surface area contributed by atoms with Crippen molar-refractivity contribution in [3.05, 3.63) is 265 Å². The first-order valence-electron chi connectivity index (χ1n) is 33.2. The van der Waals surface area contributed by atoms with E-state index < -0.39 is 40.0 Å². The lowest BCUT2D eigenvalue weighted by Crippen LogP contribution is -2.19. The van der Waals surface area contributed by atoms with Crippen LogP contribution in [0.5, 0.6) is 11.5 Å². The van der Waals surface area contributed by atoms with E-state index in [4.69, 9.17) is 90.7 Å². The van der Waals surface area contributed by atoms with Gasteiger partial charge >= 0.3 is 6.18 Å². The molecule has 0 saturated heterocycles. The van der Waals surface area contributed by atoms with E-state index in [1.807, 2.05) is 98.7 Å². The average molecular weight is 1590 g/mol. The molecule has 0 atom stereocenters. The number of benzene rings is 8. The minimum Gasteiger partial charge on any atom is -0.496 e. The zero-order valence-corrected chi connectivity index (χ0v) is 70.1. The van der Waals surface area contributed by atoms with Gasteiger partial charge in [0.2, 0.25) is 0 Å². The topological polar surface area (TPSA) is 18.5 Å². The van der Waals surface area contributed by atoms with Crippen LogP contribution in [0.4, 0.5) is 35.1 Å². The molecule has 0 fully saturated rings. The Balaban J connectivity index is 0. The Morgan fingerprint density at radius 1 is 0.279 bits per heavy atom. The van der Waals surface area contributed by atoms with Crippen molar-refractivity contribution < 1.29 is 44.6 Å². The van der Waals surface area contributed by atoms with Gasteiger partial charge in [-0.3, -0.25) is 0 Å². The van der Waals surface area contributed by atoms with Crippen molar-refractivity contribution in [2.24, 2.45) is 0 Å². The van der Waals surface area contributed by atoms with Crippen LogP contribution in [0.15, 0.2) is 140 Å². The number of hydrogen-bond donors (Lipinski definition) is 0. The zero-order valence-electron chi connectivity index (χ0n) is 64.8. The van der Waals surface area contributed by atoms with E-state index in [1.54, 1.807) is 77.9 Å². The number of alkyl halides is 3. The molecule has 8 aromatic carbocycles. The summed E-state index contributed by atoms with van der Waals surface area (Å²) in [5.74, 6) is -1.29. The zero-order chi connectivity index (χ0) is 79.6. The van der Waals surface area contributed by atoms with Gasteiger partial charge in [0.25, 0.3) is 0 Å². The van der Waals surface area contributed by atoms with Crippen LogP contribution in [0.1, 0.15) is 242 Å². The van der Waals surface area contributed by atoms with E-state index >= 15 is 0 Å². The van der Waals surface area contributed by atoms with E-state index in [2.05, 4.69) is 106 Å². The first kappa shape index (κ1) is 101. The summed E-state index contributed by atoms with van der Waals surface area (Å²) in [6.07, 6.45) is -4.33. The first-order chi connectivity index (χ1) is 46.0. The van der Waals surface area contributed by atoms with Gasteiger partial charge in [-0.05, 0) is 193 Å². The second-order valence-electron chi connectivity index (χ2n) is 32.7. The van der Waals surface area contributed by atoms with Crippen molar-refractivity contribution in [1.82, 2.24) is 0 Å². The molecular formula is C87H115Cl7F8O2. The summed E-state index contributed by atoms with van der Waals surface area (Å²) in [6, 6.07) is 39.7. The van der Waals surface area contributed by atoms with Crippen molar-refractivity contribution in [2.75, 3.05) is 14.2 Å². The van der Waals surface area contributed by atoms with Crippen molar-refractivity contribution in [1.29, 1.82) is 0 Å². The number of methoxy groups -OCH3 is 2. The summed E-state index contributed by atoms with van der Waals surface area (Å²) in [4.78, 5) is 0. The highest BCUT2D eigenvalue weighted by atomic mass is 35.5. The van der Waals surface area contributed by atoms with Gasteiger partial charge in [-0.2, -0.15) is 13.2 Å². The van der Waals surface area contributed by atoms with Gasteiger partial charge in [0.05, 0.1) is 34.9 Å². The van der Waals surface area contributed by atoms with E-state index in [9.17, 15) is 35.1 Å². The van der Waals surface area contributed by atoms with Crippen molar-refractivity contribution >= 4 is 81.2 Å². The van der Waals surface area contributed by atoms with Gasteiger partial charge in [0.1, 0.15) is 29.0 Å². The lowest BCUT2D eigenvalue weighted by Gasteiger charge is -2.24. The molecule has 8 rings (SSSR count). The predicted molar refractivity (Wildman–Crippen MR) is 437 cm³/mol. The highest BCUT2D eigenvalue weighted by Gasteiger charge is 2.36. The SMILES string of the molecule is C.C.CC(C)(C)c1c(F)ccc(Cl)c1F.CC(C)(C)c1cc(Cl)ccc1C(F)(F)F.CC(C)(C)c1cccc(Cl)c1.CC(C)(C)c1cccc(Cl)c1F.COc1ccc(Cl)c(F)c1C(C)(C)C.COc1cccc(C(C)(C)C)c1F.Cc1ccc(Cl)cc1C(C)(C)C.Cc1ccc(Cl)cc1C(C)(C)C. The van der Waals surface area contributed by atoms with Crippen molar-refractivity contribution in [3.8, 4) is 11.5 Å². The van der Waals surface area contributed by atoms with Gasteiger partial charge in [-0.15, -0.1) is 0 Å². The Hall–Kier alpha value is -5.17. The van der Waals surface area contributed by atoms with Crippen LogP contribution in [0.3, 0.4) is 0 Å². The number of aryl methyl sites for hydroxylation is 2. The first-order valence-corrected chi connectivity index (χ1v) is 35.8. The molecule has 0 aromatic heterocycles. The van der Waals surface area contributed by atoms with Gasteiger partial charge in [0.15, 0.2) is 11.6 Å². The molecule has 2 nitrogen and oxygen atoms in total. The highest BCUT2D eigenvalue weighted by molar-refractivity contribution is 6.32. The molecule has 0 aliphatic rings. The summed E-state index contributed by atoms with van der Waals surface area (Å²) in [5, 5.41) is 3.09. The average Bonchev–Trinajstić information content (AvgIpc) is 0.739. The van der Waals surface area contributed by atoms with Crippen molar-refractivity contribution in [3.63, 3.8) is 0 Å². The molecule has 0 N–H and O–H groups in total. The fourth-order valence-corrected chi connectivity index (χ4v) is 11.3. The molecule has 104 heavy (non-hydrogen) atoms. The minimum absolute atomic E-state index is 0. The van der Waals surface area contributed by atoms with Gasteiger partial charge < -0.3 is 9.47 Å². The summed E-state index contributed by atoms with van der Waals surface area (Å²) >= 11 is 40.3. The third-order valence-corrected chi connectivity index (χ3v) is 17.2. The maximum absolute atomic E-state index is 13.7. The Labute approximate surface area is 656 Å². The number of rotatable bonds is 2. The van der Waals surface area contributed by atoms with Crippen LogP contribution in [0.2, 0.25) is 35.2 Å². The van der Waals surface area contributed by atoms with Crippen LogP contribution >= 0.6 is 81.2 Å². The molecule has 17 heteroatoms. The van der Waals surface area contributed by atoms with E-state index in [0.717, 1.165) is 21.1 Å². The maximum atomic E-state index is 13.7. The smallest absolute Gasteiger partial charge is 0.416 e. The number of hydrogen-bond acceptors (Lipinski definition) is 2. The second kappa shape index (κ2) is 41.4. The standard InChI is InChI=1S/C11H12ClF3.C11H14ClFO.2C11H15Cl.C11H15FO.C10H11ClF2.C10H12ClF.C10H13Cl.2CH4/c1-10(2,3)9-6-7(12)4-5-8(9)11(13,14)15;1-11(2,3)9-8(14-4)6-5-7(12)10(9)13;2*1-8-5-6-9(12)7-10(8)11(2,3)4;1-11(2,3)8-6-5-7-9(13-4)10(8)12;1-10(2,3)8-7(12)5-4-6(11)9(8)13;1-10(2,3)7-5-4-6-8(11)9(7)12;1-10(2,3)8-5-4-6-9(11)7-8;;/h4-6H,1-3H3;5-6H,1-4H3;2*5-7H,1-4H3;5-7H,1-4H3;4-5H,1-3H3;4-6H,1-3H3;4-7H,1-3H3;2*1H4. The van der Waals surface area contributed by atoms with Crippen LogP contribution in [-0.2, 0) is 49.5 Å². The molecule has 0 aliphatic heterocycles. The van der Waals surface area contributed by atoms with E-state index in [0.29, 0.717) is 33.2 Å². The summed E-state index contributed by atoms with van der Waals surface area (Å²) in [6.45, 7) is 52.0. The van der Waals surface area contributed by atoms with Crippen LogP contribution in [0.25, 0.3) is 0 Å². The van der Waals surface area contributed by atoms with Gasteiger partial charge in [-0.1, -0.05) is 311 Å². The monoisotopic (exact) mass is 1590 g/mol. The van der Waals surface area contributed by atoms with Crippen molar-refractivity contribution in [2.45, 2.75) is 244 Å². The minimum atomic E-state index is -4.33. The Morgan fingerprint density at radius 2 is 0.615 bits per heavy atom. The fourth-order valence-electron chi connectivity index (χ4n) is 10.1. The Bertz CT molecular complexity index is 3900. The molecular weight excluding hydrogens is 1480 g/mol. The third-order valence-electron chi connectivity index (χ3n) is 15.4. The Morgan fingerprint density at radius 3 is 0.942 bits per heavy atom. The molecule has 0 bridgehead atoms. The predicted octanol–water partition coefficient (Wildman–Crippen LogP) is 32.1. The molecule has 0 amide bonds. The summed E-state index contributed by atoms with van der Waals surface area (Å²) in [5.41, 5.74) is 6.84. The number of halogens is 15. The third kappa shape index (κ3) is 33.1. The summed E-state index contributed by atoms with van der Waals surface area (Å²) in [7, 11) is 3.00.